The molecule has 0 heterocycles. The average molecular weight is 319 g/mol. The molecule has 0 radical (unpaired) electrons. The zero-order valence-electron chi connectivity index (χ0n) is 11.9. The van der Waals surface area contributed by atoms with Crippen molar-refractivity contribution in [2.24, 2.45) is 11.5 Å². The Kier molecular flexibility index (Phi) is 9.22. The Morgan fingerprint density at radius 2 is 1.64 bits per heavy atom. The molecule has 0 aliphatic heterocycles. The van der Waals surface area contributed by atoms with Crippen LogP contribution in [0.4, 0.5) is 4.79 Å². The maximum Gasteiger partial charge on any atom is 0.326 e. The normalized spacial score (nSPS) is 11.6. The molecule has 11 heteroatoms. The second kappa shape index (κ2) is 10.3. The second-order valence-electron chi connectivity index (χ2n) is 4.42. The van der Waals surface area contributed by atoms with Crippen LogP contribution >= 0.6 is 0 Å². The van der Waals surface area contributed by atoms with Crippen LogP contribution in [-0.4, -0.2) is 59.4 Å². The van der Waals surface area contributed by atoms with Crippen LogP contribution in [0.3, 0.4) is 0 Å². The van der Waals surface area contributed by atoms with Crippen LogP contribution < -0.4 is 27.4 Å². The molecule has 1 unspecified atom stereocenters. The van der Waals surface area contributed by atoms with Gasteiger partial charge < -0.3 is 37.6 Å². The number of amides is 3. The number of carbonyl (C=O) groups is 4. The molecule has 0 saturated carbocycles. The summed E-state index contributed by atoms with van der Waals surface area (Å²) in [5, 5.41) is 23.9. The molecule has 9 N–H and O–H groups in total. The smallest absolute Gasteiger partial charge is 0.326 e. The molecular weight excluding hydrogens is 298 g/mol. The van der Waals surface area contributed by atoms with Gasteiger partial charge in [0.25, 0.3) is 5.91 Å². The van der Waals surface area contributed by atoms with Crippen LogP contribution in [-0.2, 0) is 14.4 Å². The highest BCUT2D eigenvalue weighted by atomic mass is 16.4. The van der Waals surface area contributed by atoms with E-state index >= 15 is 0 Å². The first kappa shape index (κ1) is 19.6. The number of nitrogens with two attached hydrogens (primary N) is 2. The van der Waals surface area contributed by atoms with Crippen molar-refractivity contribution < 1.29 is 29.4 Å². The molecule has 0 rings (SSSR count). The van der Waals surface area contributed by atoms with Crippen LogP contribution in [0.2, 0.25) is 0 Å². The summed E-state index contributed by atoms with van der Waals surface area (Å²) in [6.07, 6.45) is -0.0940. The summed E-state index contributed by atoms with van der Waals surface area (Å²) in [7, 11) is 0. The van der Waals surface area contributed by atoms with Crippen molar-refractivity contribution in [2.45, 2.75) is 31.5 Å². The minimum absolute atomic E-state index is 0.125. The van der Waals surface area contributed by atoms with E-state index in [-0.39, 0.29) is 13.0 Å². The molecule has 0 aliphatic rings. The van der Waals surface area contributed by atoms with Gasteiger partial charge in [-0.15, -0.1) is 0 Å². The Bertz CT molecular complexity index is 414. The molecule has 0 spiro atoms. The van der Waals surface area contributed by atoms with Gasteiger partial charge in [-0.05, 0) is 19.3 Å². The van der Waals surface area contributed by atoms with Crippen LogP contribution in [0.25, 0.3) is 0 Å². The van der Waals surface area contributed by atoms with E-state index in [9.17, 15) is 19.2 Å². The number of unbranched alkanes of at least 4 members (excludes halogenated alkanes) is 1. The molecule has 22 heavy (non-hydrogen) atoms. The molecule has 3 amide bonds. The lowest BCUT2D eigenvalue weighted by Gasteiger charge is -2.14. The minimum Gasteiger partial charge on any atom is -0.480 e. The van der Waals surface area contributed by atoms with Crippen LogP contribution in [0.15, 0.2) is 0 Å². The van der Waals surface area contributed by atoms with Crippen LogP contribution in [0, 0.1) is 0 Å². The molecule has 0 saturated heterocycles. The summed E-state index contributed by atoms with van der Waals surface area (Å²) < 4.78 is 0. The number of urea groups is 1. The predicted octanol–water partition coefficient (Wildman–Crippen LogP) is -2.65. The fourth-order valence-corrected chi connectivity index (χ4v) is 1.43. The van der Waals surface area contributed by atoms with Gasteiger partial charge in [-0.2, -0.15) is 0 Å². The molecule has 0 aliphatic carbocycles. The number of carboxylic acid groups (broad SMARTS) is 2. The lowest BCUT2D eigenvalue weighted by molar-refractivity contribution is -0.139. The topological polar surface area (TPSA) is 197 Å². The highest BCUT2D eigenvalue weighted by Crippen LogP contribution is 2.01. The van der Waals surface area contributed by atoms with E-state index in [1.807, 2.05) is 5.32 Å². The Morgan fingerprint density at radius 1 is 1.00 bits per heavy atom. The van der Waals surface area contributed by atoms with Crippen molar-refractivity contribution in [3.63, 3.8) is 0 Å². The third-order valence-electron chi connectivity index (χ3n) is 2.53. The highest BCUT2D eigenvalue weighted by Gasteiger charge is 2.19. The zero-order chi connectivity index (χ0) is 17.1. The van der Waals surface area contributed by atoms with E-state index in [1.165, 1.54) is 0 Å². The summed E-state index contributed by atoms with van der Waals surface area (Å²) in [6, 6.07) is -2.03. The first-order valence-corrected chi connectivity index (χ1v) is 6.52. The average Bonchev–Trinajstić information content (AvgIpc) is 2.42. The third-order valence-corrected chi connectivity index (χ3v) is 2.53. The Hall–Kier alpha value is -2.40. The first-order valence-electron chi connectivity index (χ1n) is 6.52. The number of hydrogen-bond donors (Lipinski definition) is 7. The second-order valence-corrected chi connectivity index (χ2v) is 4.42. The van der Waals surface area contributed by atoms with Gasteiger partial charge in [-0.1, -0.05) is 0 Å². The maximum atomic E-state index is 11.3. The lowest BCUT2D eigenvalue weighted by Crippen LogP contribution is -2.47. The molecule has 0 aromatic heterocycles. The number of carbonyl (C=O) groups excluding carboxylic acids is 2. The van der Waals surface area contributed by atoms with Crippen molar-refractivity contribution in [3.05, 3.63) is 0 Å². The predicted molar refractivity (Wildman–Crippen MR) is 74.6 cm³/mol. The number of rotatable bonds is 10. The largest absolute Gasteiger partial charge is 0.480 e. The molecule has 0 aromatic rings. The summed E-state index contributed by atoms with van der Waals surface area (Å²) in [4.78, 5) is 43.6. The lowest BCUT2D eigenvalue weighted by atomic mass is 10.1. The SMILES string of the molecule is NC(N)C(=O)NCCCCC(NC(=O)NCC(=O)O)C(=O)O. The molecule has 0 fully saturated rings. The molecule has 0 bridgehead atoms. The molecule has 0 aromatic carbocycles. The minimum atomic E-state index is -1.24. The van der Waals surface area contributed by atoms with Crippen molar-refractivity contribution in [1.82, 2.24) is 16.0 Å². The molecular formula is C11H21N5O6. The Labute approximate surface area is 126 Å². The molecule has 126 valence electrons. The fourth-order valence-electron chi connectivity index (χ4n) is 1.43. The van der Waals surface area contributed by atoms with Crippen molar-refractivity contribution in [3.8, 4) is 0 Å². The van der Waals surface area contributed by atoms with Crippen molar-refractivity contribution in [1.29, 1.82) is 0 Å². The number of hydrogen-bond acceptors (Lipinski definition) is 6. The number of carboxylic acids is 2. The van der Waals surface area contributed by atoms with E-state index in [4.69, 9.17) is 21.7 Å². The van der Waals surface area contributed by atoms with E-state index in [0.29, 0.717) is 12.8 Å². The van der Waals surface area contributed by atoms with Gasteiger partial charge in [-0.25, -0.2) is 9.59 Å². The molecule has 11 nitrogen and oxygen atoms in total. The summed E-state index contributed by atoms with van der Waals surface area (Å²) in [6.45, 7) is -0.329. The quantitative estimate of drug-likeness (QED) is 0.167. The Morgan fingerprint density at radius 3 is 2.14 bits per heavy atom. The Balaban J connectivity index is 4.00. The van der Waals surface area contributed by atoms with Gasteiger partial charge in [0, 0.05) is 6.54 Å². The summed E-state index contributed by atoms with van der Waals surface area (Å²) in [5.41, 5.74) is 10.3. The summed E-state index contributed by atoms with van der Waals surface area (Å²) in [5.74, 6) is -2.99. The van der Waals surface area contributed by atoms with Crippen molar-refractivity contribution in [2.75, 3.05) is 13.1 Å². The van der Waals surface area contributed by atoms with Gasteiger partial charge in [0.05, 0.1) is 0 Å². The van der Waals surface area contributed by atoms with Crippen LogP contribution in [0.1, 0.15) is 19.3 Å². The first-order chi connectivity index (χ1) is 10.2. The van der Waals surface area contributed by atoms with Gasteiger partial charge in [0.1, 0.15) is 18.8 Å². The van der Waals surface area contributed by atoms with E-state index < -0.39 is 42.6 Å². The molecule has 1 atom stereocenters. The van der Waals surface area contributed by atoms with E-state index in [2.05, 4.69) is 10.6 Å². The highest BCUT2D eigenvalue weighted by molar-refractivity contribution is 5.84. The van der Waals surface area contributed by atoms with E-state index in [0.717, 1.165) is 0 Å². The monoisotopic (exact) mass is 319 g/mol. The number of aliphatic carboxylic acids is 2. The third kappa shape index (κ3) is 9.50. The van der Waals surface area contributed by atoms with Gasteiger partial charge in [-0.3, -0.25) is 9.59 Å². The maximum absolute atomic E-state index is 11.3. The van der Waals surface area contributed by atoms with Gasteiger partial charge in [0.15, 0.2) is 0 Å². The fraction of sp³-hybridized carbons (Fsp3) is 0.636. The van der Waals surface area contributed by atoms with Crippen molar-refractivity contribution >= 4 is 23.9 Å². The standard InChI is InChI=1S/C11H21N5O6/c12-8(13)9(19)14-4-2-1-3-6(10(20)21)16-11(22)15-5-7(17)18/h6,8H,1-5,12-13H2,(H,14,19)(H,17,18)(H,20,21)(H2,15,16,22). The van der Waals surface area contributed by atoms with Crippen LogP contribution in [0.5, 0.6) is 0 Å². The van der Waals surface area contributed by atoms with E-state index in [1.54, 1.807) is 0 Å². The van der Waals surface area contributed by atoms with Gasteiger partial charge >= 0.3 is 18.0 Å². The summed E-state index contributed by atoms with van der Waals surface area (Å²) >= 11 is 0. The number of nitrogens with one attached hydrogen (secondary N) is 3. The zero-order valence-corrected chi connectivity index (χ0v) is 11.9. The van der Waals surface area contributed by atoms with Gasteiger partial charge in [0.2, 0.25) is 0 Å².